The van der Waals surface area contributed by atoms with Gasteiger partial charge in [0.05, 0.1) is 11.9 Å². The van der Waals surface area contributed by atoms with Gasteiger partial charge < -0.3 is 9.73 Å². The molecule has 0 spiro atoms. The number of halogens is 5. The molecule has 4 heterocycles. The fourth-order valence-corrected chi connectivity index (χ4v) is 6.31. The van der Waals surface area contributed by atoms with E-state index in [4.69, 9.17) is 4.42 Å². The number of hydrogen-bond acceptors (Lipinski definition) is 7. The van der Waals surface area contributed by atoms with E-state index in [0.29, 0.717) is 6.42 Å². The summed E-state index contributed by atoms with van der Waals surface area (Å²) in [5.41, 5.74) is 0.279. The highest BCUT2D eigenvalue weighted by molar-refractivity contribution is 7.89. The van der Waals surface area contributed by atoms with E-state index in [1.807, 2.05) is 0 Å². The van der Waals surface area contributed by atoms with Gasteiger partial charge in [-0.1, -0.05) is 0 Å². The van der Waals surface area contributed by atoms with Crippen molar-refractivity contribution in [1.82, 2.24) is 24.6 Å². The molecule has 210 valence electrons. The number of nitrogens with zero attached hydrogens (tertiary/aromatic N) is 4. The van der Waals surface area contributed by atoms with Crippen LogP contribution in [0.3, 0.4) is 0 Å². The first-order valence-corrected chi connectivity index (χ1v) is 13.3. The van der Waals surface area contributed by atoms with E-state index >= 15 is 0 Å². The zero-order valence-corrected chi connectivity index (χ0v) is 21.4. The number of aromatic nitrogens is 3. The summed E-state index contributed by atoms with van der Waals surface area (Å²) >= 11 is 0. The molecule has 1 aliphatic rings. The summed E-state index contributed by atoms with van der Waals surface area (Å²) in [5, 5.41) is 2.33. The van der Waals surface area contributed by atoms with E-state index in [0.717, 1.165) is 35.0 Å². The summed E-state index contributed by atoms with van der Waals surface area (Å²) in [6, 6.07) is 4.28. The molecule has 0 unspecified atom stereocenters. The van der Waals surface area contributed by atoms with Gasteiger partial charge in [0.25, 0.3) is 10.0 Å². The van der Waals surface area contributed by atoms with Crippen LogP contribution in [0, 0.1) is 11.6 Å². The van der Waals surface area contributed by atoms with Crippen LogP contribution in [-0.4, -0.2) is 45.7 Å². The maximum absolute atomic E-state index is 14.5. The summed E-state index contributed by atoms with van der Waals surface area (Å²) in [7, 11) is -4.30. The maximum Gasteiger partial charge on any atom is 0.451 e. The van der Waals surface area contributed by atoms with Gasteiger partial charge in [-0.15, -0.1) is 0 Å². The minimum Gasteiger partial charge on any atom is -0.443 e. The molecule has 1 saturated heterocycles. The zero-order chi connectivity index (χ0) is 28.8. The number of pyridine rings is 1. The van der Waals surface area contributed by atoms with Crippen molar-refractivity contribution in [2.45, 2.75) is 49.7 Å². The summed E-state index contributed by atoms with van der Waals surface area (Å²) in [4.78, 5) is 23.5. The molecule has 1 aromatic carbocycles. The zero-order valence-electron chi connectivity index (χ0n) is 20.6. The fourth-order valence-electron chi connectivity index (χ4n) is 4.51. The van der Waals surface area contributed by atoms with Crippen LogP contribution < -0.4 is 5.32 Å². The second-order valence-corrected chi connectivity index (χ2v) is 11.0. The van der Waals surface area contributed by atoms with Gasteiger partial charge in [0.2, 0.25) is 16.8 Å². The highest BCUT2D eigenvalue weighted by Crippen LogP contribution is 2.34. The third-order valence-electron chi connectivity index (χ3n) is 6.48. The van der Waals surface area contributed by atoms with Crippen molar-refractivity contribution in [1.29, 1.82) is 0 Å². The molecule has 4 aromatic rings. The van der Waals surface area contributed by atoms with E-state index < -0.39 is 56.7 Å². The Labute approximate surface area is 224 Å². The molecular weight excluding hydrogens is 561 g/mol. The first-order valence-electron chi connectivity index (χ1n) is 11.9. The Morgan fingerprint density at radius 2 is 1.80 bits per heavy atom. The van der Waals surface area contributed by atoms with Gasteiger partial charge in [-0.25, -0.2) is 27.2 Å². The Hall–Kier alpha value is -3.98. The Bertz CT molecular complexity index is 1690. The number of benzene rings is 1. The lowest BCUT2D eigenvalue weighted by molar-refractivity contribution is -0.145. The number of carbonyl (C=O) groups excluding carboxylic acids is 1. The number of alkyl halides is 3. The summed E-state index contributed by atoms with van der Waals surface area (Å²) in [5.74, 6) is -3.39. The monoisotopic (exact) mass is 581 g/mol. The first kappa shape index (κ1) is 27.6. The lowest BCUT2D eigenvalue weighted by Gasteiger charge is -2.25. The van der Waals surface area contributed by atoms with Gasteiger partial charge >= 0.3 is 6.18 Å². The molecule has 1 aliphatic heterocycles. The number of amides is 1. The van der Waals surface area contributed by atoms with Crippen molar-refractivity contribution >= 4 is 26.9 Å². The molecule has 0 bridgehead atoms. The van der Waals surface area contributed by atoms with E-state index in [9.17, 15) is 35.2 Å². The normalized spacial score (nSPS) is 18.4. The number of rotatable bonds is 6. The third kappa shape index (κ3) is 5.25. The Kier molecular flexibility index (Phi) is 7.04. The average Bonchev–Trinajstić information content (AvgIpc) is 3.51. The molecule has 0 saturated carbocycles. The summed E-state index contributed by atoms with van der Waals surface area (Å²) in [6.07, 6.45) is -1.54. The van der Waals surface area contributed by atoms with Crippen LogP contribution in [-0.2, 0) is 27.5 Å². The minimum atomic E-state index is -4.73. The molecule has 0 aliphatic carbocycles. The van der Waals surface area contributed by atoms with Crippen molar-refractivity contribution in [2.24, 2.45) is 0 Å². The first-order chi connectivity index (χ1) is 18.8. The average molecular weight is 582 g/mol. The molecule has 1 N–H and O–H groups in total. The molecule has 1 amide bonds. The Morgan fingerprint density at radius 3 is 2.50 bits per heavy atom. The SMILES string of the molecule is C[C@H]1CC[C@@H](C(=O)NCc2cc(-c3cnc(C(F)(F)F)nc3)ncc2F)N1S(=O)(=O)c1cc2cc(F)ccc2o1. The smallest absolute Gasteiger partial charge is 0.443 e. The Balaban J connectivity index is 1.34. The largest absolute Gasteiger partial charge is 0.451 e. The second-order valence-electron chi connectivity index (χ2n) is 9.20. The molecule has 2 atom stereocenters. The summed E-state index contributed by atoms with van der Waals surface area (Å²) < 4.78 is 99.6. The molecule has 5 rings (SSSR count). The van der Waals surface area contributed by atoms with E-state index in [-0.39, 0.29) is 40.8 Å². The van der Waals surface area contributed by atoms with Crippen molar-refractivity contribution in [3.05, 3.63) is 71.9 Å². The highest BCUT2D eigenvalue weighted by Gasteiger charge is 2.45. The highest BCUT2D eigenvalue weighted by atomic mass is 32.2. The summed E-state index contributed by atoms with van der Waals surface area (Å²) in [6.45, 7) is 1.28. The lowest BCUT2D eigenvalue weighted by Crippen LogP contribution is -2.48. The minimum absolute atomic E-state index is 0.0435. The third-order valence-corrected chi connectivity index (χ3v) is 8.36. The molecule has 3 aromatic heterocycles. The number of carbonyl (C=O) groups is 1. The van der Waals surface area contributed by atoms with Gasteiger partial charge in [0.1, 0.15) is 23.3 Å². The van der Waals surface area contributed by atoms with Crippen LogP contribution in [0.15, 0.2) is 58.4 Å². The lowest BCUT2D eigenvalue weighted by atomic mass is 10.1. The molecule has 1 fully saturated rings. The molecule has 40 heavy (non-hydrogen) atoms. The van der Waals surface area contributed by atoms with Crippen LogP contribution in [0.2, 0.25) is 0 Å². The van der Waals surface area contributed by atoms with Crippen molar-refractivity contribution in [3.63, 3.8) is 0 Å². The number of hydrogen-bond donors (Lipinski definition) is 1. The topological polar surface area (TPSA) is 118 Å². The molecule has 0 radical (unpaired) electrons. The molecular formula is C25H20F5N5O4S. The van der Waals surface area contributed by atoms with Crippen LogP contribution in [0.4, 0.5) is 22.0 Å². The van der Waals surface area contributed by atoms with E-state index in [1.54, 1.807) is 6.92 Å². The van der Waals surface area contributed by atoms with Gasteiger partial charge in [-0.05, 0) is 44.0 Å². The Morgan fingerprint density at radius 1 is 1.07 bits per heavy atom. The molecule has 15 heteroatoms. The van der Waals surface area contributed by atoms with Gasteiger partial charge in [-0.3, -0.25) is 9.78 Å². The van der Waals surface area contributed by atoms with Crippen LogP contribution >= 0.6 is 0 Å². The van der Waals surface area contributed by atoms with Crippen molar-refractivity contribution in [3.8, 4) is 11.3 Å². The number of nitrogens with one attached hydrogen (secondary N) is 1. The van der Waals surface area contributed by atoms with Crippen LogP contribution in [0.1, 0.15) is 31.2 Å². The standard InChI is InChI=1S/C25H20F5N5O4S/c1-13-2-4-20(35(13)40(37,38)22-8-14-6-17(26)3-5-21(14)39-22)23(36)32-9-15-7-19(31-12-18(15)27)16-10-33-24(34-11-16)25(28,29)30/h3,5-8,10-13,20H,2,4,9H2,1H3,(H,32,36)/t13-,20-/m0/s1. The molecule has 9 nitrogen and oxygen atoms in total. The van der Waals surface area contributed by atoms with Crippen LogP contribution in [0.25, 0.3) is 22.2 Å². The van der Waals surface area contributed by atoms with Crippen molar-refractivity contribution < 1.29 is 39.6 Å². The quantitative estimate of drug-likeness (QED) is 0.335. The van der Waals surface area contributed by atoms with E-state index in [1.165, 1.54) is 18.2 Å². The van der Waals surface area contributed by atoms with Gasteiger partial charge in [-0.2, -0.15) is 17.5 Å². The number of sulfonamides is 1. The van der Waals surface area contributed by atoms with Crippen LogP contribution in [0.5, 0.6) is 0 Å². The van der Waals surface area contributed by atoms with Gasteiger partial charge in [0, 0.05) is 47.6 Å². The fraction of sp³-hybridized carbons (Fsp3) is 0.280. The number of furan rings is 1. The predicted molar refractivity (Wildman–Crippen MR) is 130 cm³/mol. The second kappa shape index (κ2) is 10.2. The van der Waals surface area contributed by atoms with E-state index in [2.05, 4.69) is 20.3 Å². The predicted octanol–water partition coefficient (Wildman–Crippen LogP) is 4.44. The number of fused-ring (bicyclic) bond motifs is 1. The maximum atomic E-state index is 14.5. The van der Waals surface area contributed by atoms with Crippen molar-refractivity contribution in [2.75, 3.05) is 0 Å². The van der Waals surface area contributed by atoms with Gasteiger partial charge in [0.15, 0.2) is 0 Å².